The van der Waals surface area contributed by atoms with Gasteiger partial charge in [-0.05, 0) is 24.6 Å². The maximum atomic E-state index is 13.1. The minimum absolute atomic E-state index is 0.0572. The molecule has 1 aromatic heterocycles. The Bertz CT molecular complexity index is 792. The van der Waals surface area contributed by atoms with Gasteiger partial charge in [0.05, 0.1) is 11.4 Å². The van der Waals surface area contributed by atoms with Gasteiger partial charge in [0.2, 0.25) is 0 Å². The minimum atomic E-state index is -5.67. The van der Waals surface area contributed by atoms with E-state index in [1.165, 1.54) is 32.2 Å². The van der Waals surface area contributed by atoms with Crippen LogP contribution in [0.2, 0.25) is 0 Å². The zero-order valence-electron chi connectivity index (χ0n) is 13.3. The first-order valence-corrected chi connectivity index (χ1v) is 8.00. The highest BCUT2D eigenvalue weighted by molar-refractivity contribution is 7.99. The fraction of sp³-hybridized carbons (Fsp3) is 0.400. The Kier molecular flexibility index (Phi) is 5.33. The molecule has 0 fully saturated rings. The van der Waals surface area contributed by atoms with E-state index in [2.05, 4.69) is 5.10 Å². The summed E-state index contributed by atoms with van der Waals surface area (Å²) >= 11 is 0.286. The van der Waals surface area contributed by atoms with Crippen molar-refractivity contribution < 1.29 is 35.1 Å². The molecule has 2 nitrogen and oxygen atoms in total. The monoisotopic (exact) mass is 404 g/mol. The molecule has 0 aliphatic carbocycles. The highest BCUT2D eigenvalue weighted by atomic mass is 32.2. The van der Waals surface area contributed by atoms with Crippen molar-refractivity contribution in [2.75, 3.05) is 5.75 Å². The number of hydrogen-bond donors (Lipinski definition) is 0. The van der Waals surface area contributed by atoms with Crippen molar-refractivity contribution in [3.63, 3.8) is 0 Å². The van der Waals surface area contributed by atoms with Gasteiger partial charge in [-0.25, -0.2) is 0 Å². The van der Waals surface area contributed by atoms with E-state index in [1.54, 1.807) is 0 Å². The summed E-state index contributed by atoms with van der Waals surface area (Å²) in [5, 5.41) is 3.34. The molecule has 1 aromatic carbocycles. The van der Waals surface area contributed by atoms with Crippen LogP contribution in [0.4, 0.5) is 35.1 Å². The predicted octanol–water partition coefficient (Wildman–Crippen LogP) is 5.70. The summed E-state index contributed by atoms with van der Waals surface area (Å²) < 4.78 is 102. The fourth-order valence-corrected chi connectivity index (χ4v) is 3.05. The molecule has 0 unspecified atom stereocenters. The number of benzene rings is 1. The van der Waals surface area contributed by atoms with Gasteiger partial charge in [0.25, 0.3) is 0 Å². The lowest BCUT2D eigenvalue weighted by Crippen LogP contribution is -2.38. The zero-order chi connectivity index (χ0) is 19.9. The maximum absolute atomic E-state index is 13.1. The number of aryl methyl sites for hydroxylation is 2. The van der Waals surface area contributed by atoms with Crippen molar-refractivity contribution >= 4 is 11.8 Å². The van der Waals surface area contributed by atoms with E-state index < -0.39 is 29.7 Å². The summed E-state index contributed by atoms with van der Waals surface area (Å²) in [7, 11) is 1.27. The second-order valence-corrected chi connectivity index (χ2v) is 6.52. The van der Waals surface area contributed by atoms with Crippen molar-refractivity contribution in [2.24, 2.45) is 7.05 Å². The van der Waals surface area contributed by atoms with Crippen LogP contribution >= 0.6 is 11.8 Å². The van der Waals surface area contributed by atoms with E-state index in [4.69, 9.17) is 0 Å². The van der Waals surface area contributed by atoms with Crippen LogP contribution in [-0.4, -0.2) is 27.6 Å². The Morgan fingerprint density at radius 3 is 2.12 bits per heavy atom. The van der Waals surface area contributed by atoms with E-state index in [1.807, 2.05) is 0 Å². The molecule has 0 saturated heterocycles. The van der Waals surface area contributed by atoms with Crippen LogP contribution < -0.4 is 0 Å². The van der Waals surface area contributed by atoms with Crippen LogP contribution in [-0.2, 0) is 13.2 Å². The Morgan fingerprint density at radius 2 is 1.62 bits per heavy atom. The third-order valence-electron chi connectivity index (χ3n) is 3.48. The third-order valence-corrected chi connectivity index (χ3v) is 4.74. The van der Waals surface area contributed by atoms with Crippen LogP contribution in [0.25, 0.3) is 11.3 Å². The lowest BCUT2D eigenvalue weighted by atomic mass is 10.1. The summed E-state index contributed by atoms with van der Waals surface area (Å²) in [6.45, 7) is 1.50. The van der Waals surface area contributed by atoms with Gasteiger partial charge in [-0.15, -0.1) is 11.8 Å². The summed E-state index contributed by atoms with van der Waals surface area (Å²) in [5.74, 6) is -6.41. The topological polar surface area (TPSA) is 17.8 Å². The summed E-state index contributed by atoms with van der Waals surface area (Å²) in [6, 6.07) is 4.93. The highest BCUT2D eigenvalue weighted by Crippen LogP contribution is 2.41. The van der Waals surface area contributed by atoms with Gasteiger partial charge in [-0.3, -0.25) is 4.68 Å². The fourth-order valence-electron chi connectivity index (χ4n) is 2.04. The van der Waals surface area contributed by atoms with E-state index in [9.17, 15) is 35.1 Å². The van der Waals surface area contributed by atoms with E-state index in [0.717, 1.165) is 10.7 Å². The zero-order valence-corrected chi connectivity index (χ0v) is 14.2. The Balaban J connectivity index is 2.32. The van der Waals surface area contributed by atoms with Crippen molar-refractivity contribution in [2.45, 2.75) is 30.1 Å². The van der Waals surface area contributed by atoms with Gasteiger partial charge < -0.3 is 0 Å². The van der Waals surface area contributed by atoms with Crippen molar-refractivity contribution in [1.29, 1.82) is 0 Å². The molecular weight excluding hydrogens is 392 g/mol. The van der Waals surface area contributed by atoms with Crippen LogP contribution in [0.1, 0.15) is 11.3 Å². The lowest BCUT2D eigenvalue weighted by Gasteiger charge is -2.19. The van der Waals surface area contributed by atoms with Crippen molar-refractivity contribution in [3.05, 3.63) is 35.5 Å². The number of nitrogens with zero attached hydrogens (tertiary/aromatic N) is 2. The quantitative estimate of drug-likeness (QED) is 0.480. The van der Waals surface area contributed by atoms with Gasteiger partial charge in [-0.2, -0.15) is 40.2 Å². The molecule has 0 spiro atoms. The van der Waals surface area contributed by atoms with E-state index >= 15 is 0 Å². The van der Waals surface area contributed by atoms with Gasteiger partial charge in [0, 0.05) is 17.5 Å². The first-order chi connectivity index (χ1) is 11.7. The molecule has 1 heterocycles. The van der Waals surface area contributed by atoms with Gasteiger partial charge in [-0.1, -0.05) is 12.1 Å². The van der Waals surface area contributed by atoms with Crippen molar-refractivity contribution in [3.8, 4) is 11.3 Å². The molecule has 2 rings (SSSR count). The van der Waals surface area contributed by atoms with Crippen LogP contribution in [0, 0.1) is 6.92 Å². The molecule has 0 saturated carbocycles. The Morgan fingerprint density at radius 1 is 1.00 bits per heavy atom. The average Bonchev–Trinajstić information content (AvgIpc) is 2.87. The maximum Gasteiger partial charge on any atom is 0.454 e. The first kappa shape index (κ1) is 20.5. The lowest BCUT2D eigenvalue weighted by molar-refractivity contribution is -0.271. The number of halogens is 8. The molecule has 0 bridgehead atoms. The normalized spacial score (nSPS) is 13.3. The Hall–Kier alpha value is -1.78. The average molecular weight is 404 g/mol. The SMILES string of the molecule is Cc1ccc(-c2cc(C(F)(F)F)nn2C)cc1SCC(F)(F)C(F)(F)F. The third kappa shape index (κ3) is 4.30. The summed E-state index contributed by atoms with van der Waals surface area (Å²) in [4.78, 5) is 0.112. The second kappa shape index (κ2) is 6.75. The summed E-state index contributed by atoms with van der Waals surface area (Å²) in [6.07, 6.45) is -10.3. The van der Waals surface area contributed by atoms with Gasteiger partial charge >= 0.3 is 18.3 Å². The molecule has 0 amide bonds. The molecule has 26 heavy (non-hydrogen) atoms. The smallest absolute Gasteiger partial charge is 0.267 e. The number of rotatable bonds is 4. The van der Waals surface area contributed by atoms with E-state index in [-0.39, 0.29) is 27.9 Å². The molecule has 2 aromatic rings. The van der Waals surface area contributed by atoms with E-state index in [0.29, 0.717) is 5.56 Å². The molecule has 0 atom stereocenters. The standard InChI is InChI=1S/C15H12F8N2S/c1-8-3-4-9(10-6-12(14(18,19)20)24-25(10)2)5-11(8)26-7-13(16,17)15(21,22)23/h3-6H,7H2,1-2H3. The molecule has 0 aliphatic rings. The van der Waals surface area contributed by atoms with Crippen LogP contribution in [0.3, 0.4) is 0 Å². The number of hydrogen-bond acceptors (Lipinski definition) is 2. The molecule has 0 aliphatic heterocycles. The van der Waals surface area contributed by atoms with Crippen molar-refractivity contribution in [1.82, 2.24) is 9.78 Å². The number of thioether (sulfide) groups is 1. The van der Waals surface area contributed by atoms with Crippen LogP contribution in [0.15, 0.2) is 29.2 Å². The molecule has 144 valence electrons. The molecule has 0 N–H and O–H groups in total. The molecule has 0 radical (unpaired) electrons. The number of aromatic nitrogens is 2. The minimum Gasteiger partial charge on any atom is -0.267 e. The Labute approximate surface area is 147 Å². The second-order valence-electron chi connectivity index (χ2n) is 5.51. The predicted molar refractivity (Wildman–Crippen MR) is 80.1 cm³/mol. The van der Waals surface area contributed by atoms with Gasteiger partial charge in [0.15, 0.2) is 5.69 Å². The molecular formula is C15H12F8N2S. The largest absolute Gasteiger partial charge is 0.454 e. The number of alkyl halides is 8. The van der Waals surface area contributed by atoms with Gasteiger partial charge in [0.1, 0.15) is 0 Å². The van der Waals surface area contributed by atoms with Crippen LogP contribution in [0.5, 0.6) is 0 Å². The molecule has 11 heteroatoms. The first-order valence-electron chi connectivity index (χ1n) is 7.02. The summed E-state index contributed by atoms with van der Waals surface area (Å²) in [5.41, 5.74) is -0.427. The highest BCUT2D eigenvalue weighted by Gasteiger charge is 2.57.